The van der Waals surface area contributed by atoms with Crippen LogP contribution in [0.3, 0.4) is 0 Å². The molecule has 0 amide bonds. The summed E-state index contributed by atoms with van der Waals surface area (Å²) in [5.74, 6) is 0. The van der Waals surface area contributed by atoms with Gasteiger partial charge in [0.1, 0.15) is 0 Å². The van der Waals surface area contributed by atoms with Crippen LogP contribution in [-0.4, -0.2) is 72.5 Å². The standard InChI is InChI=1S/2C4H9O.2C2H5O.2Mg/c2*1-2-3-4-5;2*1-2-3;;/h2*2-4H2,1H3;2*2H2,1H3;;/q4*-1;2*+2. The molecule has 0 spiro atoms. The predicted octanol–water partition coefficient (Wildman–Crippen LogP) is -1.73. The van der Waals surface area contributed by atoms with Crippen molar-refractivity contribution in [1.29, 1.82) is 0 Å². The van der Waals surface area contributed by atoms with Crippen LogP contribution in [0.25, 0.3) is 0 Å². The van der Waals surface area contributed by atoms with Gasteiger partial charge in [0.05, 0.1) is 0 Å². The van der Waals surface area contributed by atoms with E-state index in [-0.39, 0.29) is 72.5 Å². The van der Waals surface area contributed by atoms with Crippen LogP contribution in [0.15, 0.2) is 0 Å². The molecule has 0 aliphatic rings. The van der Waals surface area contributed by atoms with Gasteiger partial charge in [0, 0.05) is 0 Å². The average molecular weight is 285 g/mol. The van der Waals surface area contributed by atoms with Gasteiger partial charge in [-0.2, -0.15) is 0 Å². The first kappa shape index (κ1) is 36.6. The number of hydrogen-bond acceptors (Lipinski definition) is 4. The van der Waals surface area contributed by atoms with Crippen molar-refractivity contribution in [1.82, 2.24) is 0 Å². The van der Waals surface area contributed by atoms with Gasteiger partial charge in [0.2, 0.25) is 0 Å². The fraction of sp³-hybridized carbons (Fsp3) is 1.00. The van der Waals surface area contributed by atoms with Gasteiger partial charge in [-0.15, -0.1) is 26.4 Å². The SMILES string of the molecule is CCCC[O-].CCCC[O-].CC[O-].CC[O-].[Mg+2].[Mg+2]. The molecule has 4 nitrogen and oxygen atoms in total. The third kappa shape index (κ3) is 161. The van der Waals surface area contributed by atoms with Gasteiger partial charge in [-0.05, 0) is 0 Å². The van der Waals surface area contributed by atoms with Crippen LogP contribution in [0.2, 0.25) is 0 Å². The van der Waals surface area contributed by atoms with Crippen LogP contribution in [0.1, 0.15) is 53.4 Å². The molecular formula is C12H28Mg2O4. The fourth-order valence-electron chi connectivity index (χ4n) is 0.289. The summed E-state index contributed by atoms with van der Waals surface area (Å²) < 4.78 is 0. The molecule has 0 saturated carbocycles. The van der Waals surface area contributed by atoms with Crippen molar-refractivity contribution in [3.63, 3.8) is 0 Å². The summed E-state index contributed by atoms with van der Waals surface area (Å²) in [6.07, 6.45) is 3.73. The zero-order chi connectivity index (χ0) is 13.7. The zero-order valence-electron chi connectivity index (χ0n) is 12.7. The predicted molar refractivity (Wildman–Crippen MR) is 72.1 cm³/mol. The third-order valence-electron chi connectivity index (χ3n) is 0.996. The molecule has 0 rings (SSSR count). The Morgan fingerprint density at radius 2 is 0.722 bits per heavy atom. The van der Waals surface area contributed by atoms with Gasteiger partial charge in [-0.25, -0.2) is 0 Å². The van der Waals surface area contributed by atoms with Crippen LogP contribution >= 0.6 is 0 Å². The average Bonchev–Trinajstić information content (AvgIpc) is 2.23. The molecule has 0 aromatic carbocycles. The minimum Gasteiger partial charge on any atom is -0.855 e. The van der Waals surface area contributed by atoms with Crippen molar-refractivity contribution in [2.45, 2.75) is 53.4 Å². The maximum atomic E-state index is 9.53. The normalized spacial score (nSPS) is 6.67. The molecule has 0 aromatic rings. The molecule has 0 atom stereocenters. The molecule has 104 valence electrons. The first-order valence-corrected chi connectivity index (χ1v) is 5.98. The summed E-state index contributed by atoms with van der Waals surface area (Å²) in [5.41, 5.74) is 0. The van der Waals surface area contributed by atoms with E-state index >= 15 is 0 Å². The van der Waals surface area contributed by atoms with Crippen molar-refractivity contribution < 1.29 is 20.4 Å². The molecule has 0 aromatic heterocycles. The molecule has 0 aliphatic heterocycles. The summed E-state index contributed by atoms with van der Waals surface area (Å²) in [5, 5.41) is 36.9. The van der Waals surface area contributed by atoms with Crippen LogP contribution in [-0.2, 0) is 0 Å². The summed E-state index contributed by atoms with van der Waals surface area (Å²) >= 11 is 0. The van der Waals surface area contributed by atoms with Crippen LogP contribution < -0.4 is 20.4 Å². The Bertz CT molecular complexity index is 58.0. The number of hydrogen-bond donors (Lipinski definition) is 0. The van der Waals surface area contributed by atoms with Crippen molar-refractivity contribution in [3.05, 3.63) is 0 Å². The van der Waals surface area contributed by atoms with Crippen LogP contribution in [0.5, 0.6) is 0 Å². The molecular weight excluding hydrogens is 257 g/mol. The Labute approximate surface area is 145 Å². The maximum Gasteiger partial charge on any atom is 2.00 e. The number of rotatable bonds is 4. The summed E-state index contributed by atoms with van der Waals surface area (Å²) in [4.78, 5) is 0. The van der Waals surface area contributed by atoms with Gasteiger partial charge < -0.3 is 20.4 Å². The molecule has 0 N–H and O–H groups in total. The third-order valence-corrected chi connectivity index (χ3v) is 0.996. The molecule has 0 bridgehead atoms. The van der Waals surface area contributed by atoms with E-state index in [0.29, 0.717) is 0 Å². The minimum absolute atomic E-state index is 0. The van der Waals surface area contributed by atoms with Crippen molar-refractivity contribution in [2.24, 2.45) is 0 Å². The molecule has 0 unspecified atom stereocenters. The smallest absolute Gasteiger partial charge is 0.855 e. The van der Waals surface area contributed by atoms with E-state index in [0.717, 1.165) is 25.7 Å². The Morgan fingerprint density at radius 1 is 0.556 bits per heavy atom. The fourth-order valence-corrected chi connectivity index (χ4v) is 0.289. The van der Waals surface area contributed by atoms with E-state index in [9.17, 15) is 10.2 Å². The van der Waals surface area contributed by atoms with Crippen LogP contribution in [0.4, 0.5) is 0 Å². The van der Waals surface area contributed by atoms with E-state index in [1.54, 1.807) is 13.8 Å². The Hall–Kier alpha value is 1.37. The summed E-state index contributed by atoms with van der Waals surface area (Å²) in [6.45, 7) is 7.35. The molecule has 0 saturated heterocycles. The first-order chi connectivity index (χ1) is 7.66. The molecule has 0 radical (unpaired) electrons. The van der Waals surface area contributed by atoms with Crippen molar-refractivity contribution in [2.75, 3.05) is 26.4 Å². The van der Waals surface area contributed by atoms with Gasteiger partial charge >= 0.3 is 46.1 Å². The van der Waals surface area contributed by atoms with E-state index in [4.69, 9.17) is 10.2 Å². The van der Waals surface area contributed by atoms with Crippen molar-refractivity contribution in [3.8, 4) is 0 Å². The maximum absolute atomic E-state index is 9.53. The Kier molecular flexibility index (Phi) is 128. The monoisotopic (exact) mass is 284 g/mol. The second-order valence-corrected chi connectivity index (χ2v) is 2.69. The van der Waals surface area contributed by atoms with E-state index in [1.807, 2.05) is 13.8 Å². The first-order valence-electron chi connectivity index (χ1n) is 5.98. The quantitative estimate of drug-likeness (QED) is 0.573. The van der Waals surface area contributed by atoms with Gasteiger partial charge in [-0.1, -0.05) is 53.4 Å². The summed E-state index contributed by atoms with van der Waals surface area (Å²) in [6, 6.07) is 0. The molecule has 6 heteroatoms. The topological polar surface area (TPSA) is 92.2 Å². The molecule has 18 heavy (non-hydrogen) atoms. The van der Waals surface area contributed by atoms with Gasteiger partial charge in [0.15, 0.2) is 0 Å². The largest absolute Gasteiger partial charge is 2.00 e. The van der Waals surface area contributed by atoms with E-state index < -0.39 is 0 Å². The Balaban J connectivity index is -0.0000000265. The minimum atomic E-state index is 0. The molecule has 0 aliphatic carbocycles. The van der Waals surface area contributed by atoms with E-state index in [2.05, 4.69) is 0 Å². The summed E-state index contributed by atoms with van der Waals surface area (Å²) in [7, 11) is 0. The van der Waals surface area contributed by atoms with E-state index in [1.165, 1.54) is 0 Å². The van der Waals surface area contributed by atoms with Gasteiger partial charge in [0.25, 0.3) is 0 Å². The van der Waals surface area contributed by atoms with Crippen molar-refractivity contribution >= 4 is 46.1 Å². The zero-order valence-corrected chi connectivity index (χ0v) is 15.5. The molecule has 0 heterocycles. The number of unbranched alkanes of at least 4 members (excludes halogenated alkanes) is 2. The second kappa shape index (κ2) is 63.1. The molecule has 0 fully saturated rings. The second-order valence-electron chi connectivity index (χ2n) is 2.69. The van der Waals surface area contributed by atoms with Gasteiger partial charge in [-0.3, -0.25) is 0 Å². The van der Waals surface area contributed by atoms with Crippen LogP contribution in [0, 0.1) is 0 Å². The Morgan fingerprint density at radius 3 is 0.722 bits per heavy atom.